The second-order valence-electron chi connectivity index (χ2n) is 5.59. The molecule has 4 aromatic rings. The zero-order chi connectivity index (χ0) is 17.1. The van der Waals surface area contributed by atoms with Crippen molar-refractivity contribution in [3.63, 3.8) is 0 Å². The molecule has 2 aromatic carbocycles. The molecule has 0 saturated heterocycles. The highest BCUT2D eigenvalue weighted by Crippen LogP contribution is 2.25. The van der Waals surface area contributed by atoms with Crippen LogP contribution in [0.4, 0.5) is 5.82 Å². The van der Waals surface area contributed by atoms with E-state index in [1.807, 2.05) is 48.5 Å². The summed E-state index contributed by atoms with van der Waals surface area (Å²) < 4.78 is 0.934. The quantitative estimate of drug-likeness (QED) is 0.598. The maximum absolute atomic E-state index is 12.2. The zero-order valence-electron chi connectivity index (χ0n) is 13.3. The van der Waals surface area contributed by atoms with Gasteiger partial charge >= 0.3 is 0 Å². The number of nitrogens with zero attached hydrogens (tertiary/aromatic N) is 2. The van der Waals surface area contributed by atoms with Gasteiger partial charge in [0.25, 0.3) is 5.56 Å². The van der Waals surface area contributed by atoms with Crippen LogP contribution in [-0.2, 0) is 6.54 Å². The fourth-order valence-corrected chi connectivity index (χ4v) is 3.54. The molecular weight excluding hydrogens is 330 g/mol. The molecule has 0 fully saturated rings. The van der Waals surface area contributed by atoms with E-state index in [0.29, 0.717) is 10.4 Å². The van der Waals surface area contributed by atoms with Crippen LogP contribution in [0.2, 0.25) is 0 Å². The Kier molecular flexibility index (Phi) is 4.23. The van der Waals surface area contributed by atoms with E-state index in [0.717, 1.165) is 22.6 Å². The van der Waals surface area contributed by atoms with Gasteiger partial charge < -0.3 is 5.32 Å². The molecule has 0 aliphatic heterocycles. The summed E-state index contributed by atoms with van der Waals surface area (Å²) in [6, 6.07) is 21.5. The van der Waals surface area contributed by atoms with E-state index in [4.69, 9.17) is 0 Å². The molecule has 4 nitrogen and oxygen atoms in total. The first kappa shape index (κ1) is 15.5. The fourth-order valence-electron chi connectivity index (χ4n) is 2.55. The lowest BCUT2D eigenvalue weighted by atomic mass is 10.2. The van der Waals surface area contributed by atoms with E-state index in [1.54, 1.807) is 12.3 Å². The molecule has 2 heterocycles. The number of rotatable bonds is 4. The topological polar surface area (TPSA) is 54.9 Å². The second kappa shape index (κ2) is 6.83. The number of hydrogen-bond donors (Lipinski definition) is 1. The summed E-state index contributed by atoms with van der Waals surface area (Å²) in [4.78, 5) is 20.8. The molecule has 2 aromatic heterocycles. The maximum atomic E-state index is 12.2. The fraction of sp³-hybridized carbons (Fsp3) is 0.0500. The van der Waals surface area contributed by atoms with Gasteiger partial charge in [0.1, 0.15) is 10.8 Å². The van der Waals surface area contributed by atoms with Crippen LogP contribution >= 0.6 is 11.3 Å². The first-order valence-electron chi connectivity index (χ1n) is 7.94. The minimum Gasteiger partial charge on any atom is -0.366 e. The van der Waals surface area contributed by atoms with E-state index in [2.05, 4.69) is 27.4 Å². The van der Waals surface area contributed by atoms with E-state index in [-0.39, 0.29) is 5.56 Å². The molecule has 4 rings (SSSR count). The third-order valence-electron chi connectivity index (χ3n) is 3.85. The van der Waals surface area contributed by atoms with Crippen molar-refractivity contribution in [1.29, 1.82) is 0 Å². The van der Waals surface area contributed by atoms with Crippen LogP contribution in [0.5, 0.6) is 0 Å². The monoisotopic (exact) mass is 345 g/mol. The van der Waals surface area contributed by atoms with Gasteiger partial charge in [-0.1, -0.05) is 42.5 Å². The van der Waals surface area contributed by atoms with Crippen LogP contribution < -0.4 is 10.9 Å². The number of fused-ring (bicyclic) bond motifs is 1. The summed E-state index contributed by atoms with van der Waals surface area (Å²) in [6.45, 7) is 0.717. The molecule has 0 bridgehead atoms. The number of nitrogens with one attached hydrogen (secondary N) is 1. The van der Waals surface area contributed by atoms with Gasteiger partial charge in [-0.3, -0.25) is 4.79 Å². The minimum absolute atomic E-state index is 0.198. The molecule has 0 aliphatic rings. The summed E-state index contributed by atoms with van der Waals surface area (Å²) in [7, 11) is 0. The second-order valence-corrected chi connectivity index (χ2v) is 6.62. The summed E-state index contributed by atoms with van der Waals surface area (Å²) in [5.41, 5.74) is 1.84. The lowest BCUT2D eigenvalue weighted by molar-refractivity contribution is 1.11. The maximum Gasteiger partial charge on any atom is 0.279 e. The molecule has 0 unspecified atom stereocenters. The molecule has 0 aliphatic carbocycles. The zero-order valence-corrected chi connectivity index (χ0v) is 14.2. The molecule has 1 N–H and O–H groups in total. The molecule has 0 spiro atoms. The first-order chi connectivity index (χ1) is 12.3. The Bertz CT molecular complexity index is 1060. The number of anilines is 1. The van der Waals surface area contributed by atoms with Gasteiger partial charge in [0, 0.05) is 23.0 Å². The lowest BCUT2D eigenvalue weighted by Crippen LogP contribution is -2.06. The van der Waals surface area contributed by atoms with Crippen LogP contribution in [0, 0.1) is 0 Å². The highest BCUT2D eigenvalue weighted by Gasteiger charge is 2.07. The molecule has 25 heavy (non-hydrogen) atoms. The van der Waals surface area contributed by atoms with Gasteiger partial charge in [-0.25, -0.2) is 4.98 Å². The van der Waals surface area contributed by atoms with Crippen molar-refractivity contribution < 1.29 is 0 Å². The molecule has 0 saturated carbocycles. The highest BCUT2D eigenvalue weighted by molar-refractivity contribution is 7.21. The number of pyridine rings is 1. The number of aromatic nitrogens is 2. The predicted molar refractivity (Wildman–Crippen MR) is 103 cm³/mol. The van der Waals surface area contributed by atoms with E-state index >= 15 is 0 Å². The van der Waals surface area contributed by atoms with Crippen LogP contribution in [0.15, 0.2) is 77.7 Å². The van der Waals surface area contributed by atoms with Gasteiger partial charge in [0.05, 0.1) is 5.39 Å². The molecular formula is C20H15N3OS. The van der Waals surface area contributed by atoms with Gasteiger partial charge in [-0.05, 0) is 29.8 Å². The Morgan fingerprint density at radius 2 is 1.72 bits per heavy atom. The van der Waals surface area contributed by atoms with Gasteiger partial charge in [-0.2, -0.15) is 4.98 Å². The smallest absolute Gasteiger partial charge is 0.279 e. The standard InChI is InChI=1S/C20H15N3OS/c24-19-16-8-4-5-9-17(16)25-20(23-19)15-10-11-18(22-13-15)21-12-14-6-2-1-3-7-14/h1-11,13H,12H2,(H,21,22). The van der Waals surface area contributed by atoms with E-state index < -0.39 is 0 Å². The summed E-state index contributed by atoms with van der Waals surface area (Å²) in [5, 5.41) is 4.63. The summed E-state index contributed by atoms with van der Waals surface area (Å²) in [5.74, 6) is 0.792. The van der Waals surface area contributed by atoms with E-state index in [9.17, 15) is 4.79 Å². The molecule has 122 valence electrons. The third kappa shape index (κ3) is 3.41. The number of benzene rings is 2. The Balaban J connectivity index is 1.57. The predicted octanol–water partition coefficient (Wildman–Crippen LogP) is 4.33. The number of hydrogen-bond acceptors (Lipinski definition) is 5. The van der Waals surface area contributed by atoms with Crippen molar-refractivity contribution in [2.75, 3.05) is 5.32 Å². The molecule has 0 radical (unpaired) electrons. The average molecular weight is 345 g/mol. The van der Waals surface area contributed by atoms with Crippen LogP contribution in [0.3, 0.4) is 0 Å². The van der Waals surface area contributed by atoms with Crippen molar-refractivity contribution in [2.24, 2.45) is 0 Å². The Morgan fingerprint density at radius 1 is 0.920 bits per heavy atom. The minimum atomic E-state index is -0.198. The SMILES string of the molecule is O=c1nc(-c2ccc(NCc3ccccc3)nc2)sc2ccccc12. The first-order valence-corrected chi connectivity index (χ1v) is 8.75. The Morgan fingerprint density at radius 3 is 2.52 bits per heavy atom. The van der Waals surface area contributed by atoms with Crippen molar-refractivity contribution in [2.45, 2.75) is 6.54 Å². The third-order valence-corrected chi connectivity index (χ3v) is 4.95. The van der Waals surface area contributed by atoms with Crippen molar-refractivity contribution >= 4 is 27.2 Å². The largest absolute Gasteiger partial charge is 0.366 e. The molecule has 0 atom stereocenters. The Hall–Kier alpha value is -3.05. The Labute approximate surface area is 148 Å². The van der Waals surface area contributed by atoms with Crippen LogP contribution in [0.25, 0.3) is 20.7 Å². The van der Waals surface area contributed by atoms with Crippen molar-refractivity contribution in [3.8, 4) is 10.6 Å². The summed E-state index contributed by atoms with van der Waals surface area (Å²) >= 11 is 1.50. The van der Waals surface area contributed by atoms with Gasteiger partial charge in [0.15, 0.2) is 0 Å². The summed E-state index contributed by atoms with van der Waals surface area (Å²) in [6.07, 6.45) is 1.75. The normalized spacial score (nSPS) is 10.7. The van der Waals surface area contributed by atoms with Crippen molar-refractivity contribution in [3.05, 3.63) is 88.8 Å². The average Bonchev–Trinajstić information content (AvgIpc) is 2.68. The van der Waals surface area contributed by atoms with Crippen LogP contribution in [0.1, 0.15) is 5.56 Å². The van der Waals surface area contributed by atoms with E-state index in [1.165, 1.54) is 16.9 Å². The van der Waals surface area contributed by atoms with Gasteiger partial charge in [0.2, 0.25) is 0 Å². The molecule has 0 amide bonds. The molecule has 5 heteroatoms. The van der Waals surface area contributed by atoms with Crippen molar-refractivity contribution in [1.82, 2.24) is 9.97 Å². The van der Waals surface area contributed by atoms with Crippen LogP contribution in [-0.4, -0.2) is 9.97 Å². The lowest BCUT2D eigenvalue weighted by Gasteiger charge is -2.06. The highest BCUT2D eigenvalue weighted by atomic mass is 32.1. The van der Waals surface area contributed by atoms with Gasteiger partial charge in [-0.15, -0.1) is 11.3 Å².